The first-order chi connectivity index (χ1) is 9.58. The van der Waals surface area contributed by atoms with E-state index in [4.69, 9.17) is 9.47 Å². The van der Waals surface area contributed by atoms with E-state index in [0.29, 0.717) is 18.7 Å². The van der Waals surface area contributed by atoms with E-state index in [1.54, 1.807) is 32.4 Å². The summed E-state index contributed by atoms with van der Waals surface area (Å²) in [7, 11) is 3.20. The quantitative estimate of drug-likeness (QED) is 0.758. The van der Waals surface area contributed by atoms with Crippen molar-refractivity contribution in [3.63, 3.8) is 0 Å². The average Bonchev–Trinajstić information content (AvgIpc) is 2.43. The zero-order valence-electron chi connectivity index (χ0n) is 11.9. The fourth-order valence-corrected chi connectivity index (χ4v) is 1.86. The van der Waals surface area contributed by atoms with Gasteiger partial charge in [0.1, 0.15) is 5.75 Å². The number of para-hydroxylation sites is 1. The topological polar surface area (TPSA) is 39.7 Å². The molecule has 0 aliphatic rings. The first kappa shape index (κ1) is 16.8. The second kappa shape index (κ2) is 8.84. The van der Waals surface area contributed by atoms with E-state index in [1.807, 2.05) is 6.92 Å². The molecule has 4 nitrogen and oxygen atoms in total. The Kier molecular flexibility index (Phi) is 7.43. The van der Waals surface area contributed by atoms with Gasteiger partial charge in [0.25, 0.3) is 0 Å². The molecule has 0 fully saturated rings. The second-order valence-corrected chi connectivity index (χ2v) is 4.36. The normalized spacial score (nSPS) is 14.3. The molecule has 1 rings (SSSR count). The van der Waals surface area contributed by atoms with Crippen LogP contribution in [-0.2, 0) is 9.47 Å². The molecular weight excluding hydrogens is 268 g/mol. The predicted molar refractivity (Wildman–Crippen MR) is 72.2 cm³/mol. The van der Waals surface area contributed by atoms with E-state index < -0.39 is 6.61 Å². The van der Waals surface area contributed by atoms with Gasteiger partial charge < -0.3 is 19.5 Å². The summed E-state index contributed by atoms with van der Waals surface area (Å²) in [5.41, 5.74) is 0.681. The second-order valence-electron chi connectivity index (χ2n) is 4.36. The highest BCUT2D eigenvalue weighted by atomic mass is 19.3. The summed E-state index contributed by atoms with van der Waals surface area (Å²) in [6.45, 7) is 0.0659. The number of methoxy groups -OCH3 is 2. The van der Waals surface area contributed by atoms with Crippen LogP contribution in [0.4, 0.5) is 8.78 Å². The maximum atomic E-state index is 12.4. The molecule has 1 N–H and O–H groups in total. The maximum absolute atomic E-state index is 12.4. The smallest absolute Gasteiger partial charge is 0.387 e. The van der Waals surface area contributed by atoms with Crippen LogP contribution in [0.25, 0.3) is 0 Å². The molecule has 0 aromatic heterocycles. The fourth-order valence-electron chi connectivity index (χ4n) is 1.86. The third-order valence-electron chi connectivity index (χ3n) is 2.94. The van der Waals surface area contributed by atoms with Gasteiger partial charge in [-0.1, -0.05) is 18.2 Å². The number of alkyl halides is 2. The van der Waals surface area contributed by atoms with E-state index in [9.17, 15) is 8.78 Å². The molecule has 0 aliphatic carbocycles. The molecule has 2 unspecified atom stereocenters. The predicted octanol–water partition coefficient (Wildman–Crippen LogP) is 2.60. The molecule has 0 amide bonds. The van der Waals surface area contributed by atoms with E-state index in [1.165, 1.54) is 6.07 Å². The fraction of sp³-hybridized carbons (Fsp3) is 0.571. The first-order valence-corrected chi connectivity index (χ1v) is 6.37. The van der Waals surface area contributed by atoms with Crippen molar-refractivity contribution in [2.24, 2.45) is 0 Å². The molecule has 6 heteroatoms. The molecule has 0 spiro atoms. The third kappa shape index (κ3) is 5.40. The van der Waals surface area contributed by atoms with Crippen LogP contribution in [0.2, 0.25) is 0 Å². The number of benzene rings is 1. The van der Waals surface area contributed by atoms with Crippen molar-refractivity contribution in [1.82, 2.24) is 5.32 Å². The van der Waals surface area contributed by atoms with Crippen LogP contribution in [0.1, 0.15) is 18.5 Å². The lowest BCUT2D eigenvalue weighted by molar-refractivity contribution is -0.0507. The number of ether oxygens (including phenoxy) is 3. The Morgan fingerprint density at radius 3 is 2.50 bits per heavy atom. The van der Waals surface area contributed by atoms with Crippen LogP contribution < -0.4 is 10.1 Å². The van der Waals surface area contributed by atoms with Crippen LogP contribution in [0.15, 0.2) is 24.3 Å². The Bertz CT molecular complexity index is 390. The minimum absolute atomic E-state index is 0.0920. The van der Waals surface area contributed by atoms with E-state index in [2.05, 4.69) is 10.1 Å². The molecule has 1 aromatic rings. The van der Waals surface area contributed by atoms with Gasteiger partial charge in [0.15, 0.2) is 0 Å². The van der Waals surface area contributed by atoms with Crippen LogP contribution in [0.5, 0.6) is 5.75 Å². The summed E-state index contributed by atoms with van der Waals surface area (Å²) in [6, 6.07) is 6.60. The zero-order chi connectivity index (χ0) is 15.0. The molecule has 0 radical (unpaired) electrons. The van der Waals surface area contributed by atoms with Crippen molar-refractivity contribution in [2.75, 3.05) is 27.4 Å². The van der Waals surface area contributed by atoms with Gasteiger partial charge >= 0.3 is 6.61 Å². The van der Waals surface area contributed by atoms with Gasteiger partial charge in [-0.2, -0.15) is 8.78 Å². The molecule has 114 valence electrons. The van der Waals surface area contributed by atoms with Crippen LogP contribution in [-0.4, -0.2) is 40.1 Å². The lowest BCUT2D eigenvalue weighted by Crippen LogP contribution is -2.33. The van der Waals surface area contributed by atoms with E-state index >= 15 is 0 Å². The summed E-state index contributed by atoms with van der Waals surface area (Å²) in [5.74, 6) is 0.184. The maximum Gasteiger partial charge on any atom is 0.387 e. The SMILES string of the molecule is COCC(CNC(C)c1ccccc1OC(F)F)OC. The number of rotatable bonds is 9. The molecule has 0 heterocycles. The van der Waals surface area contributed by atoms with Crippen molar-refractivity contribution in [3.05, 3.63) is 29.8 Å². The summed E-state index contributed by atoms with van der Waals surface area (Å²) in [4.78, 5) is 0. The highest BCUT2D eigenvalue weighted by Gasteiger charge is 2.15. The summed E-state index contributed by atoms with van der Waals surface area (Å²) in [5, 5.41) is 3.22. The standard InChI is InChI=1S/C14H21F2NO3/c1-10(17-8-11(19-3)9-18-2)12-6-4-5-7-13(12)20-14(15)16/h4-7,10-11,14,17H,8-9H2,1-3H3. The minimum Gasteiger partial charge on any atom is -0.434 e. The molecule has 20 heavy (non-hydrogen) atoms. The Morgan fingerprint density at radius 2 is 1.90 bits per heavy atom. The van der Waals surface area contributed by atoms with Crippen molar-refractivity contribution < 1.29 is 23.0 Å². The number of nitrogens with one attached hydrogen (secondary N) is 1. The first-order valence-electron chi connectivity index (χ1n) is 6.37. The summed E-state index contributed by atoms with van der Waals surface area (Å²) >= 11 is 0. The molecule has 0 saturated heterocycles. The highest BCUT2D eigenvalue weighted by Crippen LogP contribution is 2.26. The lowest BCUT2D eigenvalue weighted by atomic mass is 10.1. The van der Waals surface area contributed by atoms with Crippen molar-refractivity contribution in [3.8, 4) is 5.75 Å². The summed E-state index contributed by atoms with van der Waals surface area (Å²) < 4.78 is 39.5. The van der Waals surface area contributed by atoms with Crippen molar-refractivity contribution in [2.45, 2.75) is 25.7 Å². The largest absolute Gasteiger partial charge is 0.434 e. The van der Waals surface area contributed by atoms with E-state index in [-0.39, 0.29) is 17.9 Å². The molecule has 2 atom stereocenters. The third-order valence-corrected chi connectivity index (χ3v) is 2.94. The Hall–Kier alpha value is -1.24. The summed E-state index contributed by atoms with van der Waals surface area (Å²) in [6.07, 6.45) is -0.0920. The van der Waals surface area contributed by atoms with Gasteiger partial charge in [0.05, 0.1) is 12.7 Å². The number of hydrogen-bond donors (Lipinski definition) is 1. The molecule has 0 bridgehead atoms. The van der Waals surface area contributed by atoms with Crippen LogP contribution in [0.3, 0.4) is 0 Å². The van der Waals surface area contributed by atoms with Gasteiger partial charge in [-0.15, -0.1) is 0 Å². The van der Waals surface area contributed by atoms with Gasteiger partial charge in [-0.25, -0.2) is 0 Å². The molecule has 1 aromatic carbocycles. The Balaban J connectivity index is 2.64. The molecular formula is C14H21F2NO3. The van der Waals surface area contributed by atoms with Crippen molar-refractivity contribution >= 4 is 0 Å². The zero-order valence-corrected chi connectivity index (χ0v) is 11.9. The van der Waals surface area contributed by atoms with Crippen LogP contribution in [0, 0.1) is 0 Å². The van der Waals surface area contributed by atoms with Crippen molar-refractivity contribution in [1.29, 1.82) is 0 Å². The van der Waals surface area contributed by atoms with Gasteiger partial charge in [0, 0.05) is 32.4 Å². The number of halogens is 2. The van der Waals surface area contributed by atoms with Crippen LogP contribution >= 0.6 is 0 Å². The lowest BCUT2D eigenvalue weighted by Gasteiger charge is -2.21. The average molecular weight is 289 g/mol. The minimum atomic E-state index is -2.83. The number of hydrogen-bond acceptors (Lipinski definition) is 4. The monoisotopic (exact) mass is 289 g/mol. The Labute approximate surface area is 118 Å². The Morgan fingerprint density at radius 1 is 1.20 bits per heavy atom. The highest BCUT2D eigenvalue weighted by molar-refractivity contribution is 5.35. The molecule has 0 aliphatic heterocycles. The van der Waals surface area contributed by atoms with Gasteiger partial charge in [-0.3, -0.25) is 0 Å². The molecule has 0 saturated carbocycles. The van der Waals surface area contributed by atoms with E-state index in [0.717, 1.165) is 0 Å². The van der Waals surface area contributed by atoms with Gasteiger partial charge in [0.2, 0.25) is 0 Å². The van der Waals surface area contributed by atoms with Gasteiger partial charge in [-0.05, 0) is 13.0 Å².